The molecule has 1 saturated heterocycles. The standard InChI is InChI=1S/C27H38INO6/c1-3-5-7-13-27(14-8-6-4-2)34-23-18-20(25(31)29-15-16-30)17-22(24(23)35-27)33-26(32)19-9-11-21(28)12-10-19/h9-12,18,22-24,30H,3-8,13-17H2,1-2H3,(H,29,31)/t22-,23-,24+/m1/s1. The van der Waals surface area contributed by atoms with Crippen LogP contribution in [-0.4, -0.2) is 54.2 Å². The SMILES string of the molecule is CCCCCC1(CCCCC)O[C@@H]2[C@@H](C=C(C(=O)NCCO)C[C@H]2OC(=O)c2ccc(I)cc2)O1. The van der Waals surface area contributed by atoms with E-state index in [1.165, 1.54) is 0 Å². The molecular weight excluding hydrogens is 561 g/mol. The molecule has 2 aliphatic rings. The summed E-state index contributed by atoms with van der Waals surface area (Å²) in [6.45, 7) is 4.35. The zero-order chi connectivity index (χ0) is 25.3. The maximum atomic E-state index is 13.0. The Kier molecular flexibility index (Phi) is 11.0. The Balaban J connectivity index is 1.83. The summed E-state index contributed by atoms with van der Waals surface area (Å²) in [5, 5.41) is 11.8. The number of fused-ring (bicyclic) bond motifs is 1. The third kappa shape index (κ3) is 7.74. The number of ether oxygens (including phenoxy) is 3. The number of carbonyl (C=O) groups excluding carboxylic acids is 2. The predicted octanol–water partition coefficient (Wildman–Crippen LogP) is 4.90. The molecule has 2 N–H and O–H groups in total. The molecule has 1 aromatic carbocycles. The number of hydrogen-bond donors (Lipinski definition) is 2. The number of amides is 1. The van der Waals surface area contributed by atoms with Gasteiger partial charge in [0.25, 0.3) is 0 Å². The molecule has 0 spiro atoms. The number of aliphatic hydroxyl groups excluding tert-OH is 1. The number of halogens is 1. The van der Waals surface area contributed by atoms with E-state index in [0.29, 0.717) is 11.1 Å². The Morgan fingerprint density at radius 1 is 1.09 bits per heavy atom. The van der Waals surface area contributed by atoms with Crippen LogP contribution in [0.3, 0.4) is 0 Å². The van der Waals surface area contributed by atoms with Crippen LogP contribution in [-0.2, 0) is 19.0 Å². The number of aliphatic hydroxyl groups is 1. The van der Waals surface area contributed by atoms with E-state index in [1.807, 2.05) is 18.2 Å². The first kappa shape index (κ1) is 28.1. The summed E-state index contributed by atoms with van der Waals surface area (Å²) in [7, 11) is 0. The van der Waals surface area contributed by atoms with Gasteiger partial charge in [0.2, 0.25) is 5.91 Å². The normalized spacial score (nSPS) is 22.9. The molecule has 3 rings (SSSR count). The van der Waals surface area contributed by atoms with Crippen LogP contribution < -0.4 is 5.32 Å². The smallest absolute Gasteiger partial charge is 0.338 e. The van der Waals surface area contributed by atoms with E-state index < -0.39 is 30.1 Å². The highest BCUT2D eigenvalue weighted by Crippen LogP contribution is 2.43. The molecule has 1 amide bonds. The summed E-state index contributed by atoms with van der Waals surface area (Å²) in [5.41, 5.74) is 0.945. The van der Waals surface area contributed by atoms with Crippen LogP contribution in [0.2, 0.25) is 0 Å². The van der Waals surface area contributed by atoms with Gasteiger partial charge in [0, 0.05) is 35.0 Å². The molecule has 1 aliphatic carbocycles. The molecule has 194 valence electrons. The van der Waals surface area contributed by atoms with Crippen molar-refractivity contribution in [1.82, 2.24) is 5.32 Å². The Bertz CT molecular complexity index is 861. The van der Waals surface area contributed by atoms with Crippen LogP contribution in [0.15, 0.2) is 35.9 Å². The molecule has 1 aliphatic heterocycles. The molecule has 7 nitrogen and oxygen atoms in total. The van der Waals surface area contributed by atoms with E-state index in [9.17, 15) is 9.59 Å². The highest BCUT2D eigenvalue weighted by Gasteiger charge is 2.52. The third-order valence-corrected chi connectivity index (χ3v) is 7.25. The van der Waals surface area contributed by atoms with Gasteiger partial charge in [-0.1, -0.05) is 39.5 Å². The van der Waals surface area contributed by atoms with E-state index in [4.69, 9.17) is 19.3 Å². The summed E-state index contributed by atoms with van der Waals surface area (Å²) in [4.78, 5) is 25.7. The van der Waals surface area contributed by atoms with Crippen molar-refractivity contribution in [3.05, 3.63) is 45.0 Å². The number of unbranched alkanes of at least 4 members (excludes halogenated alkanes) is 4. The van der Waals surface area contributed by atoms with Crippen molar-refractivity contribution in [3.8, 4) is 0 Å². The zero-order valence-corrected chi connectivity index (χ0v) is 22.9. The second-order valence-electron chi connectivity index (χ2n) is 9.32. The van der Waals surface area contributed by atoms with Gasteiger partial charge >= 0.3 is 5.97 Å². The first-order valence-electron chi connectivity index (χ1n) is 12.8. The number of nitrogens with one attached hydrogen (secondary N) is 1. The highest BCUT2D eigenvalue weighted by atomic mass is 127. The molecular formula is C27H38INO6. The number of rotatable bonds is 13. The Morgan fingerprint density at radius 2 is 1.74 bits per heavy atom. The molecule has 0 radical (unpaired) electrons. The van der Waals surface area contributed by atoms with Gasteiger partial charge in [0.1, 0.15) is 18.3 Å². The van der Waals surface area contributed by atoms with Crippen molar-refractivity contribution < 1.29 is 28.9 Å². The van der Waals surface area contributed by atoms with E-state index in [2.05, 4.69) is 41.8 Å². The fourth-order valence-corrected chi connectivity index (χ4v) is 5.03. The van der Waals surface area contributed by atoms with Crippen LogP contribution in [0, 0.1) is 3.57 Å². The maximum absolute atomic E-state index is 13.0. The molecule has 0 saturated carbocycles. The lowest BCUT2D eigenvalue weighted by molar-refractivity contribution is -0.190. The average molecular weight is 600 g/mol. The molecule has 1 aromatic rings. The van der Waals surface area contributed by atoms with Crippen LogP contribution in [0.25, 0.3) is 0 Å². The zero-order valence-electron chi connectivity index (χ0n) is 20.8. The van der Waals surface area contributed by atoms with Crippen LogP contribution in [0.5, 0.6) is 0 Å². The monoisotopic (exact) mass is 599 g/mol. The van der Waals surface area contributed by atoms with Crippen molar-refractivity contribution in [3.63, 3.8) is 0 Å². The van der Waals surface area contributed by atoms with Gasteiger partial charge in [0.15, 0.2) is 5.79 Å². The number of benzene rings is 1. The minimum atomic E-state index is -0.735. The Morgan fingerprint density at radius 3 is 2.34 bits per heavy atom. The van der Waals surface area contributed by atoms with Gasteiger partial charge < -0.3 is 24.6 Å². The molecule has 0 aromatic heterocycles. The Labute approximate surface area is 222 Å². The van der Waals surface area contributed by atoms with Crippen LogP contribution >= 0.6 is 22.6 Å². The molecule has 3 atom stereocenters. The summed E-state index contributed by atoms with van der Waals surface area (Å²) in [6, 6.07) is 7.19. The van der Waals surface area contributed by atoms with Crippen LogP contribution in [0.1, 0.15) is 82.0 Å². The molecule has 1 heterocycles. The van der Waals surface area contributed by atoms with E-state index in [0.717, 1.165) is 54.9 Å². The molecule has 0 bridgehead atoms. The summed E-state index contributed by atoms with van der Waals surface area (Å²) >= 11 is 2.19. The van der Waals surface area contributed by atoms with Gasteiger partial charge in [0.05, 0.1) is 12.2 Å². The summed E-state index contributed by atoms with van der Waals surface area (Å²) in [5.74, 6) is -1.47. The largest absolute Gasteiger partial charge is 0.456 e. The first-order valence-corrected chi connectivity index (χ1v) is 13.9. The molecule has 8 heteroatoms. The maximum Gasteiger partial charge on any atom is 0.338 e. The van der Waals surface area contributed by atoms with Crippen molar-refractivity contribution >= 4 is 34.5 Å². The number of carbonyl (C=O) groups is 2. The van der Waals surface area contributed by atoms with Crippen molar-refractivity contribution in [2.45, 2.75) is 95.7 Å². The minimum Gasteiger partial charge on any atom is -0.456 e. The molecule has 1 fully saturated rings. The van der Waals surface area contributed by atoms with Crippen LogP contribution in [0.4, 0.5) is 0 Å². The lowest BCUT2D eigenvalue weighted by Gasteiger charge is -2.31. The average Bonchev–Trinajstić information content (AvgIpc) is 3.22. The topological polar surface area (TPSA) is 94.1 Å². The minimum absolute atomic E-state index is 0.145. The molecule has 35 heavy (non-hydrogen) atoms. The fourth-order valence-electron chi connectivity index (χ4n) is 4.67. The van der Waals surface area contributed by atoms with Gasteiger partial charge in [-0.2, -0.15) is 0 Å². The summed E-state index contributed by atoms with van der Waals surface area (Å²) < 4.78 is 20.1. The third-order valence-electron chi connectivity index (χ3n) is 6.53. The molecule has 0 unspecified atom stereocenters. The quantitative estimate of drug-likeness (QED) is 0.191. The Hall–Kier alpha value is -1.49. The van der Waals surface area contributed by atoms with Gasteiger partial charge in [-0.05, 0) is 65.8 Å². The first-order chi connectivity index (χ1) is 16.9. The van der Waals surface area contributed by atoms with Crippen molar-refractivity contribution in [2.75, 3.05) is 13.2 Å². The predicted molar refractivity (Wildman–Crippen MR) is 142 cm³/mol. The summed E-state index contributed by atoms with van der Waals surface area (Å²) in [6.07, 6.45) is 8.36. The highest BCUT2D eigenvalue weighted by molar-refractivity contribution is 14.1. The van der Waals surface area contributed by atoms with E-state index in [1.54, 1.807) is 12.1 Å². The number of esters is 1. The lowest BCUT2D eigenvalue weighted by Crippen LogP contribution is -2.43. The fraction of sp³-hybridized carbons (Fsp3) is 0.630. The van der Waals surface area contributed by atoms with Gasteiger partial charge in [-0.15, -0.1) is 0 Å². The lowest BCUT2D eigenvalue weighted by atomic mass is 9.91. The van der Waals surface area contributed by atoms with Gasteiger partial charge in [-0.3, -0.25) is 4.79 Å². The number of hydrogen-bond acceptors (Lipinski definition) is 6. The second kappa shape index (κ2) is 13.7. The van der Waals surface area contributed by atoms with Gasteiger partial charge in [-0.25, -0.2) is 4.79 Å². The van der Waals surface area contributed by atoms with E-state index in [-0.39, 0.29) is 25.5 Å². The van der Waals surface area contributed by atoms with Crippen molar-refractivity contribution in [1.29, 1.82) is 0 Å². The van der Waals surface area contributed by atoms with E-state index >= 15 is 0 Å². The second-order valence-corrected chi connectivity index (χ2v) is 10.6. The van der Waals surface area contributed by atoms with Crippen molar-refractivity contribution in [2.24, 2.45) is 0 Å².